The van der Waals surface area contributed by atoms with Gasteiger partial charge in [-0.05, 0) is 42.7 Å². The number of unbranched alkanes of at least 4 members (excludes halogenated alkanes) is 3. The first-order valence-electron chi connectivity index (χ1n) is 9.68. The Hall–Kier alpha value is -2.52. The van der Waals surface area contributed by atoms with Crippen LogP contribution in [0.25, 0.3) is 21.4 Å². The van der Waals surface area contributed by atoms with Gasteiger partial charge in [0, 0.05) is 13.0 Å². The maximum Gasteiger partial charge on any atom is 0.177 e. The van der Waals surface area contributed by atoms with E-state index >= 15 is 0 Å². The predicted molar refractivity (Wildman–Crippen MR) is 117 cm³/mol. The molecule has 0 spiro atoms. The largest absolute Gasteiger partial charge is 0.382 e. The van der Waals surface area contributed by atoms with Crippen molar-refractivity contribution in [3.05, 3.63) is 30.1 Å². The lowest BCUT2D eigenvalue weighted by molar-refractivity contribution is -0.107. The third-order valence-corrected chi connectivity index (χ3v) is 6.97. The van der Waals surface area contributed by atoms with E-state index in [1.165, 1.54) is 16.6 Å². The zero-order valence-electron chi connectivity index (χ0n) is 16.2. The van der Waals surface area contributed by atoms with Gasteiger partial charge < -0.3 is 15.1 Å². The molecule has 29 heavy (non-hydrogen) atoms. The van der Waals surface area contributed by atoms with Gasteiger partial charge >= 0.3 is 0 Å². The van der Waals surface area contributed by atoms with E-state index in [1.807, 2.05) is 0 Å². The Labute approximate surface area is 176 Å². The monoisotopic (exact) mass is 426 g/mol. The fourth-order valence-electron chi connectivity index (χ4n) is 3.27. The van der Waals surface area contributed by atoms with Gasteiger partial charge in [-0.3, -0.25) is 0 Å². The van der Waals surface area contributed by atoms with Crippen LogP contribution >= 0.6 is 23.1 Å². The van der Waals surface area contributed by atoms with Gasteiger partial charge in [-0.2, -0.15) is 0 Å². The van der Waals surface area contributed by atoms with Crippen LogP contribution in [0.2, 0.25) is 0 Å². The van der Waals surface area contributed by atoms with Crippen LogP contribution in [0.15, 0.2) is 34.0 Å². The molecule has 3 heterocycles. The van der Waals surface area contributed by atoms with Crippen molar-refractivity contribution in [1.82, 2.24) is 24.5 Å². The fourth-order valence-corrected chi connectivity index (χ4v) is 5.52. The van der Waals surface area contributed by atoms with Gasteiger partial charge in [0.2, 0.25) is 0 Å². The van der Waals surface area contributed by atoms with E-state index in [1.54, 1.807) is 23.1 Å². The van der Waals surface area contributed by atoms with E-state index in [-0.39, 0.29) is 0 Å². The van der Waals surface area contributed by atoms with E-state index in [0.717, 1.165) is 59.2 Å². The van der Waals surface area contributed by atoms with Gasteiger partial charge in [-0.1, -0.05) is 25.5 Å². The number of nitrogens with zero attached hydrogens (tertiary/aromatic N) is 5. The van der Waals surface area contributed by atoms with Crippen LogP contribution < -0.4 is 5.73 Å². The second kappa shape index (κ2) is 8.87. The summed E-state index contributed by atoms with van der Waals surface area (Å²) in [6, 6.07) is 6.26. The van der Waals surface area contributed by atoms with Crippen molar-refractivity contribution in [3.63, 3.8) is 0 Å². The molecule has 0 atom stereocenters. The minimum Gasteiger partial charge on any atom is -0.382 e. The van der Waals surface area contributed by atoms with Crippen LogP contribution in [0.5, 0.6) is 0 Å². The average molecular weight is 427 g/mol. The van der Waals surface area contributed by atoms with Gasteiger partial charge in [0.25, 0.3) is 0 Å². The van der Waals surface area contributed by atoms with Crippen molar-refractivity contribution in [2.75, 3.05) is 5.73 Å². The second-order valence-electron chi connectivity index (χ2n) is 6.69. The van der Waals surface area contributed by atoms with Crippen LogP contribution in [-0.4, -0.2) is 30.8 Å². The van der Waals surface area contributed by atoms with E-state index in [9.17, 15) is 4.79 Å². The predicted octanol–water partition coefficient (Wildman–Crippen LogP) is 4.49. The molecule has 2 N–H and O–H groups in total. The summed E-state index contributed by atoms with van der Waals surface area (Å²) in [4.78, 5) is 28.5. The number of anilines is 1. The number of hydrogen-bond donors (Lipinski definition) is 1. The first-order chi connectivity index (χ1) is 14.2. The summed E-state index contributed by atoms with van der Waals surface area (Å²) in [6.07, 6.45) is 6.84. The quantitative estimate of drug-likeness (QED) is 0.311. The number of rotatable bonds is 9. The molecule has 7 nitrogen and oxygen atoms in total. The van der Waals surface area contributed by atoms with Crippen molar-refractivity contribution in [2.24, 2.45) is 0 Å². The lowest BCUT2D eigenvalue weighted by atomic mass is 10.2. The molecule has 0 bridgehead atoms. The Kier molecular flexibility index (Phi) is 6.05. The highest BCUT2D eigenvalue weighted by Crippen LogP contribution is 2.37. The number of imidazole rings is 1. The van der Waals surface area contributed by atoms with E-state index in [2.05, 4.69) is 39.7 Å². The summed E-state index contributed by atoms with van der Waals surface area (Å²) in [7, 11) is 0. The van der Waals surface area contributed by atoms with Crippen LogP contribution in [0.3, 0.4) is 0 Å². The first-order valence-corrected chi connectivity index (χ1v) is 11.3. The summed E-state index contributed by atoms with van der Waals surface area (Å²) < 4.78 is 4.27. The molecule has 0 unspecified atom stereocenters. The zero-order chi connectivity index (χ0) is 20.2. The smallest absolute Gasteiger partial charge is 0.177 e. The minimum atomic E-state index is 0.383. The topological polar surface area (TPSA) is 99.6 Å². The van der Waals surface area contributed by atoms with Crippen LogP contribution in [-0.2, 0) is 17.8 Å². The number of aryl methyl sites for hydroxylation is 2. The van der Waals surface area contributed by atoms with Crippen molar-refractivity contribution in [2.45, 2.75) is 55.1 Å². The first kappa shape index (κ1) is 19.8. The average Bonchev–Trinajstić information content (AvgIpc) is 3.29. The molecule has 0 aliphatic heterocycles. The van der Waals surface area contributed by atoms with E-state index in [4.69, 9.17) is 15.7 Å². The molecular formula is C20H22N6OS2. The van der Waals surface area contributed by atoms with Crippen molar-refractivity contribution in [1.29, 1.82) is 0 Å². The van der Waals surface area contributed by atoms with E-state index < -0.39 is 0 Å². The van der Waals surface area contributed by atoms with Crippen LogP contribution in [0, 0.1) is 0 Å². The molecule has 0 radical (unpaired) electrons. The van der Waals surface area contributed by atoms with Crippen molar-refractivity contribution in [3.8, 4) is 0 Å². The molecule has 9 heteroatoms. The van der Waals surface area contributed by atoms with Gasteiger partial charge in [0.1, 0.15) is 12.6 Å². The number of hydrogen-bond acceptors (Lipinski definition) is 8. The van der Waals surface area contributed by atoms with Crippen LogP contribution in [0.4, 0.5) is 5.82 Å². The number of aromatic nitrogens is 5. The lowest BCUT2D eigenvalue weighted by Gasteiger charge is -2.07. The number of thiazole rings is 1. The molecular weight excluding hydrogens is 404 g/mol. The van der Waals surface area contributed by atoms with Gasteiger partial charge in [0.15, 0.2) is 26.5 Å². The Morgan fingerprint density at radius 3 is 2.93 bits per heavy atom. The Morgan fingerprint density at radius 1 is 1.21 bits per heavy atom. The Balaban J connectivity index is 1.66. The maximum absolute atomic E-state index is 10.5. The van der Waals surface area contributed by atoms with Crippen LogP contribution in [0.1, 0.15) is 38.2 Å². The minimum absolute atomic E-state index is 0.383. The molecule has 0 saturated heterocycles. The van der Waals surface area contributed by atoms with Gasteiger partial charge in [0.05, 0.1) is 10.2 Å². The molecule has 150 valence electrons. The van der Waals surface area contributed by atoms with Crippen molar-refractivity contribution >= 4 is 56.6 Å². The highest BCUT2D eigenvalue weighted by Gasteiger charge is 2.18. The molecule has 0 saturated carbocycles. The zero-order valence-corrected chi connectivity index (χ0v) is 17.8. The number of benzene rings is 1. The number of nitrogen functional groups attached to an aromatic ring is 1. The third-order valence-electron chi connectivity index (χ3n) is 4.77. The standard InChI is InChI=1S/C20H22N6OS2/c1-2-13-8-7-9-14-16(13)28-20(24-14)29-19-25-15-17(21)22-12-23-18(15)26(19)10-5-3-4-6-11-27/h7-9,11-12H,2-6,10H2,1H3,(H2,21,22,23). The molecule has 0 aliphatic rings. The number of aldehydes is 1. The van der Waals surface area contributed by atoms with Gasteiger partial charge in [-0.15, -0.1) is 11.3 Å². The second-order valence-corrected chi connectivity index (χ2v) is 8.91. The summed E-state index contributed by atoms with van der Waals surface area (Å²) in [5, 5.41) is 0.819. The normalized spacial score (nSPS) is 11.5. The van der Waals surface area contributed by atoms with Gasteiger partial charge in [-0.25, -0.2) is 19.9 Å². The Morgan fingerprint density at radius 2 is 2.10 bits per heavy atom. The molecule has 0 fully saturated rings. The summed E-state index contributed by atoms with van der Waals surface area (Å²) >= 11 is 3.24. The Bertz CT molecular complexity index is 1150. The highest BCUT2D eigenvalue weighted by molar-refractivity contribution is 8.01. The lowest BCUT2D eigenvalue weighted by Crippen LogP contribution is -2.02. The van der Waals surface area contributed by atoms with E-state index in [0.29, 0.717) is 17.8 Å². The number of carbonyl (C=O) groups is 1. The molecule has 4 aromatic rings. The third kappa shape index (κ3) is 4.11. The highest BCUT2D eigenvalue weighted by atomic mass is 32.2. The molecule has 1 aromatic carbocycles. The SMILES string of the molecule is CCc1cccc2nc(Sc3nc4c(N)ncnc4n3CCCCCC=O)sc12. The number of nitrogens with two attached hydrogens (primary N) is 1. The molecule has 3 aromatic heterocycles. The summed E-state index contributed by atoms with van der Waals surface area (Å²) in [6.45, 7) is 2.92. The number of fused-ring (bicyclic) bond motifs is 2. The summed E-state index contributed by atoms with van der Waals surface area (Å²) in [5.41, 5.74) is 9.73. The molecule has 0 aliphatic carbocycles. The molecule has 4 rings (SSSR count). The fraction of sp³-hybridized carbons (Fsp3) is 0.350. The van der Waals surface area contributed by atoms with Crippen molar-refractivity contribution < 1.29 is 4.79 Å². The maximum atomic E-state index is 10.5. The summed E-state index contributed by atoms with van der Waals surface area (Å²) in [5.74, 6) is 0.383. The molecule has 0 amide bonds. The number of carbonyl (C=O) groups excluding carboxylic acids is 1.